The summed E-state index contributed by atoms with van der Waals surface area (Å²) in [4.78, 5) is 27.1. The molecule has 6 N–H and O–H groups in total. The average molecular weight is 783 g/mol. The maximum absolute atomic E-state index is 13.9. The number of aromatic hydroxyl groups is 2. The molecular formula is C34H20N6Na2O10S2. The van der Waals surface area contributed by atoms with Crippen LogP contribution in [0, 0.1) is 6.07 Å². The quantitative estimate of drug-likeness (QED) is 0.0585. The van der Waals surface area contributed by atoms with Crippen molar-refractivity contribution in [2.24, 2.45) is 20.5 Å². The number of rotatable bonds is 5. The first-order chi connectivity index (χ1) is 24.7. The molecule has 0 unspecified atom stereocenters. The van der Waals surface area contributed by atoms with Crippen molar-refractivity contribution in [3.8, 4) is 11.5 Å². The zero-order chi connectivity index (χ0) is 37.5. The number of nitrogens with two attached hydrogens (primary N) is 2. The topological polar surface area (TPSA) is 284 Å². The third-order valence-corrected chi connectivity index (χ3v) is 8.70. The number of ketones is 2. The predicted octanol–water partition coefficient (Wildman–Crippen LogP) is -0.117. The van der Waals surface area contributed by atoms with Gasteiger partial charge in [0.15, 0.2) is 11.6 Å². The van der Waals surface area contributed by atoms with Crippen molar-refractivity contribution in [2.45, 2.75) is 4.90 Å². The van der Waals surface area contributed by atoms with Gasteiger partial charge in [-0.25, -0.2) is 8.42 Å². The fraction of sp³-hybridized carbons (Fsp3) is 0. The number of carbonyl (C=O) groups is 2. The molecule has 7 rings (SSSR count). The van der Waals surface area contributed by atoms with E-state index in [4.69, 9.17) is 24.1 Å². The fourth-order valence-electron chi connectivity index (χ4n) is 5.69. The Labute approximate surface area is 351 Å². The van der Waals surface area contributed by atoms with Crippen LogP contribution < -0.4 is 70.6 Å². The molecule has 0 heterocycles. The Bertz CT molecular complexity index is 2820. The monoisotopic (exact) mass is 782 g/mol. The molecule has 0 amide bonds. The molecule has 54 heavy (non-hydrogen) atoms. The van der Waals surface area contributed by atoms with Crippen LogP contribution in [0.5, 0.6) is 11.5 Å². The van der Waals surface area contributed by atoms with Gasteiger partial charge in [0.1, 0.15) is 15.9 Å². The number of nitrogen functional groups attached to an aromatic ring is 2. The molecule has 1 aliphatic rings. The molecule has 1 aliphatic carbocycles. The van der Waals surface area contributed by atoms with E-state index in [0.29, 0.717) is 22.1 Å². The largest absolute Gasteiger partial charge is 1.00 e. The molecule has 0 saturated heterocycles. The first kappa shape index (κ1) is 41.9. The van der Waals surface area contributed by atoms with E-state index in [2.05, 4.69) is 26.5 Å². The summed E-state index contributed by atoms with van der Waals surface area (Å²) >= 11 is 0. The van der Waals surface area contributed by atoms with Crippen LogP contribution in [0.1, 0.15) is 31.8 Å². The third kappa shape index (κ3) is 8.11. The summed E-state index contributed by atoms with van der Waals surface area (Å²) in [6.07, 6.45) is 0. The number of benzene rings is 6. The minimum atomic E-state index is -4.94. The van der Waals surface area contributed by atoms with Gasteiger partial charge in [-0.1, -0.05) is 35.0 Å². The van der Waals surface area contributed by atoms with Crippen molar-refractivity contribution >= 4 is 88.0 Å². The van der Waals surface area contributed by atoms with Gasteiger partial charge in [-0.3, -0.25) is 9.59 Å². The summed E-state index contributed by atoms with van der Waals surface area (Å²) in [5.41, 5.74) is 13.1. The van der Waals surface area contributed by atoms with Crippen LogP contribution >= 0.6 is 0 Å². The molecule has 6 aromatic rings. The summed E-state index contributed by atoms with van der Waals surface area (Å²) < 4.78 is 60.4. The second-order valence-electron chi connectivity index (χ2n) is 11.0. The molecule has 0 aliphatic heterocycles. The van der Waals surface area contributed by atoms with E-state index >= 15 is 0 Å². The summed E-state index contributed by atoms with van der Waals surface area (Å²) in [6.45, 7) is 0. The van der Waals surface area contributed by atoms with Gasteiger partial charge in [0.2, 0.25) is 0 Å². The van der Waals surface area contributed by atoms with E-state index < -0.39 is 42.9 Å². The maximum atomic E-state index is 13.9. The van der Waals surface area contributed by atoms with Crippen LogP contribution in [-0.2, 0) is 20.7 Å². The number of nitrogens with zero attached hydrogens (tertiary/aromatic N) is 4. The Morgan fingerprint density at radius 2 is 1.07 bits per heavy atom. The van der Waals surface area contributed by atoms with E-state index in [1.165, 1.54) is 42.5 Å². The second-order valence-corrected chi connectivity index (χ2v) is 12.7. The maximum Gasteiger partial charge on any atom is 1.00 e. The number of phenolic OH excluding ortho intramolecular Hbond substituents is 2. The molecule has 20 heteroatoms. The van der Waals surface area contributed by atoms with Crippen molar-refractivity contribution in [3.63, 3.8) is 0 Å². The van der Waals surface area contributed by atoms with E-state index in [9.17, 15) is 32.8 Å². The van der Waals surface area contributed by atoms with Gasteiger partial charge in [0.25, 0.3) is 0 Å². The molecule has 0 aromatic heterocycles. The minimum absolute atomic E-state index is 0. The molecule has 0 spiro atoms. The molecule has 0 radical (unpaired) electrons. The molecule has 0 fully saturated rings. The SMILES string of the molecule is Nc1ccc(N=Nc2cccc3c2C(=O)c2cccc(N=Nc4ccc(N)c5c(O)cc(S(=O)(=O)[O-])cc45)c2C3=O)c2c[c-]cc(O)c12.O=S(=O)=O.[Na+].[Na+]. The molecule has 6 aromatic carbocycles. The number of fused-ring (bicyclic) bond motifs is 4. The van der Waals surface area contributed by atoms with E-state index in [1.807, 2.05) is 0 Å². The van der Waals surface area contributed by atoms with E-state index in [1.54, 1.807) is 30.3 Å². The van der Waals surface area contributed by atoms with E-state index in [-0.39, 0.29) is 121 Å². The Kier molecular flexibility index (Phi) is 12.9. The Hall–Kier alpha value is -4.89. The molecule has 0 atom stereocenters. The summed E-state index contributed by atoms with van der Waals surface area (Å²) in [6, 6.07) is 22.7. The molecule has 0 saturated carbocycles. The fourth-order valence-corrected chi connectivity index (χ4v) is 6.21. The van der Waals surface area contributed by atoms with Gasteiger partial charge in [-0.15, -0.1) is 28.9 Å². The number of hydrogen-bond donors (Lipinski definition) is 4. The Balaban J connectivity index is 0.00000103. The van der Waals surface area contributed by atoms with Crippen molar-refractivity contribution in [3.05, 3.63) is 113 Å². The van der Waals surface area contributed by atoms with Crippen LogP contribution in [0.15, 0.2) is 110 Å². The zero-order valence-corrected chi connectivity index (χ0v) is 33.6. The van der Waals surface area contributed by atoms with Crippen molar-refractivity contribution < 1.29 is 105 Å². The zero-order valence-electron chi connectivity index (χ0n) is 28.0. The van der Waals surface area contributed by atoms with Crippen molar-refractivity contribution in [1.82, 2.24) is 0 Å². The third-order valence-electron chi connectivity index (χ3n) is 7.88. The summed E-state index contributed by atoms with van der Waals surface area (Å²) in [5.74, 6) is -1.65. The minimum Gasteiger partial charge on any atom is -0.744 e. The van der Waals surface area contributed by atoms with Crippen LogP contribution in [0.4, 0.5) is 34.1 Å². The van der Waals surface area contributed by atoms with Gasteiger partial charge in [-0.05, 0) is 48.5 Å². The van der Waals surface area contributed by atoms with E-state index in [0.717, 1.165) is 12.1 Å². The van der Waals surface area contributed by atoms with Crippen LogP contribution in [-0.4, -0.2) is 47.4 Å². The first-order valence-electron chi connectivity index (χ1n) is 14.6. The van der Waals surface area contributed by atoms with Gasteiger partial charge in [0, 0.05) is 44.7 Å². The normalized spacial score (nSPS) is 12.1. The molecular weight excluding hydrogens is 763 g/mol. The molecule has 260 valence electrons. The number of carbonyl (C=O) groups excluding carboxylic acids is 2. The predicted molar refractivity (Wildman–Crippen MR) is 185 cm³/mol. The molecule has 16 nitrogen and oxygen atoms in total. The summed E-state index contributed by atoms with van der Waals surface area (Å²) in [5, 5.41) is 38.7. The standard InChI is InChI=1S/C34H21N6O7S.2Na.O3S/c35-21-10-12-23(17-4-3-9-27(41)29(17)21)37-39-25-7-1-5-18-31(25)33(43)19-6-2-8-26(32(19)34(18)44)40-38-24-13-11-22(36)30-20(24)14-16(15-28(30)42)48(45,46)47;;;1-4(2)3/h1-2,4-15,41-42H,35-36H2,(H,45,46,47);;;/q-1;2*+1;/p-1. The second kappa shape index (κ2) is 16.6. The number of phenols is 2. The smallest absolute Gasteiger partial charge is 0.744 e. The van der Waals surface area contributed by atoms with Gasteiger partial charge in [0.05, 0.1) is 33.1 Å². The average Bonchev–Trinajstić information content (AvgIpc) is 3.09. The van der Waals surface area contributed by atoms with Gasteiger partial charge >= 0.3 is 69.7 Å². The number of hydrogen-bond acceptors (Lipinski definition) is 16. The van der Waals surface area contributed by atoms with Crippen molar-refractivity contribution in [1.29, 1.82) is 0 Å². The van der Waals surface area contributed by atoms with Crippen molar-refractivity contribution in [2.75, 3.05) is 11.5 Å². The van der Waals surface area contributed by atoms with Crippen LogP contribution in [0.2, 0.25) is 0 Å². The first-order valence-corrected chi connectivity index (χ1v) is 17.0. The number of anilines is 2. The van der Waals surface area contributed by atoms with Gasteiger partial charge < -0.3 is 26.2 Å². The summed E-state index contributed by atoms with van der Waals surface area (Å²) in [7, 11) is -8.05. The Morgan fingerprint density at radius 3 is 1.56 bits per heavy atom. The number of azo groups is 2. The van der Waals surface area contributed by atoms with Crippen LogP contribution in [0.25, 0.3) is 21.5 Å². The molecule has 0 bridgehead atoms. The van der Waals surface area contributed by atoms with Gasteiger partial charge in [-0.2, -0.15) is 22.4 Å². The Morgan fingerprint density at radius 1 is 0.630 bits per heavy atom. The van der Waals surface area contributed by atoms with Crippen LogP contribution in [0.3, 0.4) is 0 Å².